The normalized spacial score (nSPS) is 17.3. The molecule has 2 unspecified atom stereocenters. The Balaban J connectivity index is 1.75. The van der Waals surface area contributed by atoms with Gasteiger partial charge in [-0.2, -0.15) is 5.10 Å². The fourth-order valence-corrected chi connectivity index (χ4v) is 4.80. The smallest absolute Gasteiger partial charge is 0.291 e. The summed E-state index contributed by atoms with van der Waals surface area (Å²) < 4.78 is 9.17. The van der Waals surface area contributed by atoms with Crippen molar-refractivity contribution >= 4 is 27.5 Å². The number of aliphatic hydroxyl groups excluding tert-OH is 1. The molecule has 7 nitrogen and oxygen atoms in total. The van der Waals surface area contributed by atoms with Crippen molar-refractivity contribution in [2.45, 2.75) is 38.6 Å². The summed E-state index contributed by atoms with van der Waals surface area (Å²) in [7, 11) is 1.90. The van der Waals surface area contributed by atoms with E-state index in [1.54, 1.807) is 0 Å². The summed E-state index contributed by atoms with van der Waals surface area (Å²) in [6, 6.07) is 17.7. The van der Waals surface area contributed by atoms with Gasteiger partial charge in [0.2, 0.25) is 0 Å². The van der Waals surface area contributed by atoms with Crippen molar-refractivity contribution in [2.75, 3.05) is 18.1 Å². The largest absolute Gasteiger partial charge is 0.376 e. The highest BCUT2D eigenvalue weighted by atomic mass is 16.5. The quantitative estimate of drug-likeness (QED) is 0.472. The van der Waals surface area contributed by atoms with Crippen LogP contribution in [-0.2, 0) is 18.3 Å². The Kier molecular flexibility index (Phi) is 5.45. The van der Waals surface area contributed by atoms with Crippen molar-refractivity contribution in [1.82, 2.24) is 14.3 Å². The lowest BCUT2D eigenvalue weighted by atomic mass is 10.1. The zero-order valence-electron chi connectivity index (χ0n) is 18.4. The lowest BCUT2D eigenvalue weighted by molar-refractivity contribution is 0.0915. The number of nitrogens with zero attached hydrogens (tertiary/aromatic N) is 4. The van der Waals surface area contributed by atoms with E-state index in [1.165, 1.54) is 4.68 Å². The highest BCUT2D eigenvalue weighted by Gasteiger charge is 2.27. The maximum Gasteiger partial charge on any atom is 0.291 e. The number of aryl methyl sites for hydroxylation is 1. The van der Waals surface area contributed by atoms with Crippen molar-refractivity contribution in [1.29, 1.82) is 0 Å². The summed E-state index contributed by atoms with van der Waals surface area (Å²) in [6.07, 6.45) is 0.855. The van der Waals surface area contributed by atoms with E-state index in [4.69, 9.17) is 9.84 Å². The summed E-state index contributed by atoms with van der Waals surface area (Å²) in [5, 5.41) is 17.9. The average molecular weight is 433 g/mol. The molecule has 4 aromatic rings. The molecule has 32 heavy (non-hydrogen) atoms. The summed E-state index contributed by atoms with van der Waals surface area (Å²) >= 11 is 0. The second kappa shape index (κ2) is 8.41. The topological polar surface area (TPSA) is 72.5 Å². The number of hydrogen-bond donors (Lipinski definition) is 1. The van der Waals surface area contributed by atoms with Crippen molar-refractivity contribution in [3.8, 4) is 0 Å². The van der Waals surface area contributed by atoms with Gasteiger partial charge in [-0.3, -0.25) is 4.79 Å². The highest BCUT2D eigenvalue weighted by Crippen LogP contribution is 2.33. The van der Waals surface area contributed by atoms with Crippen LogP contribution in [0.15, 0.2) is 59.4 Å². The van der Waals surface area contributed by atoms with E-state index < -0.39 is 6.23 Å². The fourth-order valence-electron chi connectivity index (χ4n) is 4.80. The number of anilines is 1. The molecule has 1 aliphatic rings. The molecule has 5 rings (SSSR count). The minimum Gasteiger partial charge on any atom is -0.376 e. The molecule has 2 aromatic heterocycles. The van der Waals surface area contributed by atoms with Crippen LogP contribution in [0.2, 0.25) is 0 Å². The van der Waals surface area contributed by atoms with E-state index in [9.17, 15) is 9.90 Å². The number of para-hydroxylation sites is 2. The monoisotopic (exact) mass is 432 g/mol. The average Bonchev–Trinajstić information content (AvgIpc) is 3.44. The Labute approximate surface area is 186 Å². The number of benzene rings is 2. The number of rotatable bonds is 6. The molecule has 0 radical (unpaired) electrons. The van der Waals surface area contributed by atoms with Crippen LogP contribution in [0, 0.1) is 0 Å². The van der Waals surface area contributed by atoms with Gasteiger partial charge >= 0.3 is 0 Å². The van der Waals surface area contributed by atoms with Gasteiger partial charge in [-0.05, 0) is 38.0 Å². The Hall–Kier alpha value is -3.16. The maximum absolute atomic E-state index is 13.5. The standard InChI is InChI=1S/C25H28N4O3/c1-3-28(17-10-5-4-6-11-17)24(30)22-21-19-13-7-8-14-20(19)27(2)23(21)25(31)29(26-22)16-18-12-9-15-32-18/h4-8,10-11,13-14,18,24,30H,3,9,12,15-16H2,1-2H3. The second-order valence-corrected chi connectivity index (χ2v) is 8.30. The first-order valence-corrected chi connectivity index (χ1v) is 11.2. The first-order valence-electron chi connectivity index (χ1n) is 11.2. The molecule has 0 bridgehead atoms. The molecule has 0 amide bonds. The molecule has 3 heterocycles. The number of aliphatic hydroxyl groups is 1. The molecule has 0 saturated carbocycles. The number of fused-ring (bicyclic) bond motifs is 3. The van der Waals surface area contributed by atoms with Crippen LogP contribution in [0.1, 0.15) is 31.7 Å². The highest BCUT2D eigenvalue weighted by molar-refractivity contribution is 6.09. The molecule has 1 saturated heterocycles. The maximum atomic E-state index is 13.5. The lowest BCUT2D eigenvalue weighted by Gasteiger charge is -2.29. The predicted molar refractivity (Wildman–Crippen MR) is 126 cm³/mol. The summed E-state index contributed by atoms with van der Waals surface area (Å²) in [5.74, 6) is 0. The zero-order valence-corrected chi connectivity index (χ0v) is 18.4. The van der Waals surface area contributed by atoms with Gasteiger partial charge in [-0.1, -0.05) is 36.4 Å². The molecular formula is C25H28N4O3. The SMILES string of the molecule is CCN(c1ccccc1)C(O)c1nn(CC2CCCO2)c(=O)c2c1c1ccccc1n2C. The van der Waals surface area contributed by atoms with Crippen molar-refractivity contribution in [3.63, 3.8) is 0 Å². The van der Waals surface area contributed by atoms with Gasteiger partial charge in [-0.25, -0.2) is 4.68 Å². The summed E-state index contributed by atoms with van der Waals surface area (Å²) in [6.45, 7) is 3.68. The molecule has 166 valence electrons. The summed E-state index contributed by atoms with van der Waals surface area (Å²) in [4.78, 5) is 15.4. The van der Waals surface area contributed by atoms with Gasteiger partial charge in [0, 0.05) is 42.2 Å². The van der Waals surface area contributed by atoms with Gasteiger partial charge < -0.3 is 19.3 Å². The van der Waals surface area contributed by atoms with Gasteiger partial charge in [0.1, 0.15) is 11.2 Å². The van der Waals surface area contributed by atoms with Crippen LogP contribution in [-0.4, -0.2) is 38.7 Å². The molecule has 1 N–H and O–H groups in total. The van der Waals surface area contributed by atoms with Crippen molar-refractivity contribution in [2.24, 2.45) is 7.05 Å². The summed E-state index contributed by atoms with van der Waals surface area (Å²) in [5.41, 5.74) is 2.72. The van der Waals surface area contributed by atoms with Crippen LogP contribution in [0.4, 0.5) is 5.69 Å². The molecule has 2 aromatic carbocycles. The zero-order chi connectivity index (χ0) is 22.2. The van der Waals surface area contributed by atoms with Gasteiger partial charge in [0.15, 0.2) is 6.23 Å². The number of hydrogen-bond acceptors (Lipinski definition) is 5. The fraction of sp³-hybridized carbons (Fsp3) is 0.360. The Morgan fingerprint density at radius 2 is 1.94 bits per heavy atom. The van der Waals surface area contributed by atoms with E-state index in [-0.39, 0.29) is 11.7 Å². The van der Waals surface area contributed by atoms with Crippen LogP contribution >= 0.6 is 0 Å². The molecule has 7 heteroatoms. The first-order chi connectivity index (χ1) is 15.6. The van der Waals surface area contributed by atoms with Crippen LogP contribution in [0.5, 0.6) is 0 Å². The molecule has 2 atom stereocenters. The second-order valence-electron chi connectivity index (χ2n) is 8.30. The van der Waals surface area contributed by atoms with Crippen LogP contribution < -0.4 is 10.5 Å². The van der Waals surface area contributed by atoms with Crippen molar-refractivity contribution in [3.05, 3.63) is 70.6 Å². The third-order valence-electron chi connectivity index (χ3n) is 6.40. The molecule has 1 aliphatic heterocycles. The van der Waals surface area contributed by atoms with E-state index in [1.807, 2.05) is 78.0 Å². The van der Waals surface area contributed by atoms with Crippen LogP contribution in [0.25, 0.3) is 21.8 Å². The number of aromatic nitrogens is 3. The Morgan fingerprint density at radius 3 is 2.66 bits per heavy atom. The van der Waals surface area contributed by atoms with E-state index >= 15 is 0 Å². The third kappa shape index (κ3) is 3.38. The molecule has 0 spiro atoms. The lowest BCUT2D eigenvalue weighted by Crippen LogP contribution is -2.34. The predicted octanol–water partition coefficient (Wildman–Crippen LogP) is 3.58. The Morgan fingerprint density at radius 1 is 1.19 bits per heavy atom. The first kappa shape index (κ1) is 20.7. The van der Waals surface area contributed by atoms with Crippen molar-refractivity contribution < 1.29 is 9.84 Å². The molecular weight excluding hydrogens is 404 g/mol. The van der Waals surface area contributed by atoms with Gasteiger partial charge in [0.05, 0.1) is 12.6 Å². The molecule has 0 aliphatic carbocycles. The van der Waals surface area contributed by atoms with E-state index in [0.717, 1.165) is 29.4 Å². The molecule has 1 fully saturated rings. The minimum absolute atomic E-state index is 0.0336. The van der Waals surface area contributed by atoms with Gasteiger partial charge in [0.25, 0.3) is 5.56 Å². The van der Waals surface area contributed by atoms with E-state index in [2.05, 4.69) is 0 Å². The number of ether oxygens (including phenoxy) is 1. The van der Waals surface area contributed by atoms with Gasteiger partial charge in [-0.15, -0.1) is 0 Å². The van der Waals surface area contributed by atoms with E-state index in [0.29, 0.717) is 36.3 Å². The van der Waals surface area contributed by atoms with Crippen LogP contribution in [0.3, 0.4) is 0 Å². The third-order valence-corrected chi connectivity index (χ3v) is 6.40. The Bertz CT molecular complexity index is 1310. The minimum atomic E-state index is -1.01.